The lowest BCUT2D eigenvalue weighted by Crippen LogP contribution is -2.13. The van der Waals surface area contributed by atoms with Gasteiger partial charge in [-0.2, -0.15) is 5.10 Å². The van der Waals surface area contributed by atoms with E-state index in [1.54, 1.807) is 6.92 Å². The zero-order valence-corrected chi connectivity index (χ0v) is 9.16. The van der Waals surface area contributed by atoms with E-state index in [9.17, 15) is 4.79 Å². The fraction of sp³-hybridized carbons (Fsp3) is 0.333. The summed E-state index contributed by atoms with van der Waals surface area (Å²) in [6.45, 7) is 4.30. The highest BCUT2D eigenvalue weighted by molar-refractivity contribution is 6.10. The molecule has 0 aromatic heterocycles. The zero-order valence-electron chi connectivity index (χ0n) is 9.16. The monoisotopic (exact) mass is 204 g/mol. The van der Waals surface area contributed by atoms with E-state index < -0.39 is 0 Å². The van der Waals surface area contributed by atoms with Crippen molar-refractivity contribution in [2.75, 3.05) is 6.54 Å². The summed E-state index contributed by atoms with van der Waals surface area (Å²) in [4.78, 5) is 11.1. The maximum atomic E-state index is 11.1. The molecule has 80 valence electrons. The van der Waals surface area contributed by atoms with Crippen molar-refractivity contribution in [1.29, 1.82) is 0 Å². The Kier molecular flexibility index (Phi) is 4.54. The Morgan fingerprint density at radius 3 is 2.53 bits per heavy atom. The smallest absolute Gasteiger partial charge is 0.135 e. The molecule has 0 aliphatic rings. The number of carbonyl (C=O) groups excluding carboxylic acids is 1. The highest BCUT2D eigenvalue weighted by Gasteiger charge is 2.05. The normalized spacial score (nSPS) is 11.2. The molecule has 0 fully saturated rings. The van der Waals surface area contributed by atoms with Crippen LogP contribution in [0, 0.1) is 0 Å². The molecule has 1 aromatic carbocycles. The number of benzene rings is 1. The van der Waals surface area contributed by atoms with Gasteiger partial charge in [0.15, 0.2) is 0 Å². The van der Waals surface area contributed by atoms with Gasteiger partial charge in [-0.15, -0.1) is 0 Å². The van der Waals surface area contributed by atoms with Gasteiger partial charge >= 0.3 is 0 Å². The topological polar surface area (TPSA) is 41.5 Å². The van der Waals surface area contributed by atoms with Crippen LogP contribution in [0.1, 0.15) is 25.8 Å². The lowest BCUT2D eigenvalue weighted by molar-refractivity contribution is -0.115. The largest absolute Gasteiger partial charge is 0.310 e. The van der Waals surface area contributed by atoms with Gasteiger partial charge in [-0.3, -0.25) is 4.79 Å². The number of Topliss-reactive ketones (excluding diaryl/α,β-unsaturated/α-hetero) is 1. The van der Waals surface area contributed by atoms with Gasteiger partial charge in [0.2, 0.25) is 0 Å². The van der Waals surface area contributed by atoms with Crippen LogP contribution in [0.25, 0.3) is 0 Å². The van der Waals surface area contributed by atoms with Gasteiger partial charge in [0, 0.05) is 6.54 Å². The molecule has 0 saturated heterocycles. The standard InChI is InChI=1S/C12H16N2O/c1-3-13-14-12(9-10(2)15)11-7-5-4-6-8-11/h4-8,13H,3,9H2,1-2H3. The second-order valence-electron chi connectivity index (χ2n) is 3.31. The number of hydrogen-bond donors (Lipinski definition) is 1. The lowest BCUT2D eigenvalue weighted by Gasteiger charge is -2.04. The number of hydrazone groups is 1. The minimum Gasteiger partial charge on any atom is -0.310 e. The molecule has 0 aliphatic heterocycles. The fourth-order valence-corrected chi connectivity index (χ4v) is 1.25. The van der Waals surface area contributed by atoms with Crippen molar-refractivity contribution < 1.29 is 4.79 Å². The molecule has 0 saturated carbocycles. The molecule has 0 unspecified atom stereocenters. The zero-order chi connectivity index (χ0) is 11.1. The van der Waals surface area contributed by atoms with Crippen molar-refractivity contribution in [2.45, 2.75) is 20.3 Å². The van der Waals surface area contributed by atoms with Gasteiger partial charge in [0.05, 0.1) is 12.1 Å². The van der Waals surface area contributed by atoms with Crippen molar-refractivity contribution in [3.8, 4) is 0 Å². The van der Waals surface area contributed by atoms with Gasteiger partial charge in [0.25, 0.3) is 0 Å². The second kappa shape index (κ2) is 5.96. The first-order valence-corrected chi connectivity index (χ1v) is 5.08. The van der Waals surface area contributed by atoms with Gasteiger partial charge in [-0.05, 0) is 19.4 Å². The van der Waals surface area contributed by atoms with Crippen LogP contribution < -0.4 is 5.43 Å². The summed E-state index contributed by atoms with van der Waals surface area (Å²) in [6.07, 6.45) is 0.372. The summed E-state index contributed by atoms with van der Waals surface area (Å²) in [5.41, 5.74) is 4.68. The number of hydrogen-bond acceptors (Lipinski definition) is 3. The van der Waals surface area contributed by atoms with E-state index in [0.29, 0.717) is 6.42 Å². The third kappa shape index (κ3) is 3.94. The minimum absolute atomic E-state index is 0.121. The van der Waals surface area contributed by atoms with Crippen LogP contribution in [0.4, 0.5) is 0 Å². The third-order valence-corrected chi connectivity index (χ3v) is 1.90. The van der Waals surface area contributed by atoms with Gasteiger partial charge in [0.1, 0.15) is 5.78 Å². The van der Waals surface area contributed by atoms with E-state index in [4.69, 9.17) is 0 Å². The first-order valence-electron chi connectivity index (χ1n) is 5.08. The highest BCUT2D eigenvalue weighted by Crippen LogP contribution is 2.04. The SMILES string of the molecule is CCNN=C(CC(C)=O)c1ccccc1. The average Bonchev–Trinajstić information content (AvgIpc) is 2.25. The lowest BCUT2D eigenvalue weighted by atomic mass is 10.1. The molecule has 0 heterocycles. The Labute approximate surface area is 90.2 Å². The van der Waals surface area contributed by atoms with Crippen molar-refractivity contribution in [1.82, 2.24) is 5.43 Å². The predicted octanol–water partition coefficient (Wildman–Crippen LogP) is 1.98. The molecule has 3 heteroatoms. The van der Waals surface area contributed by atoms with E-state index in [1.807, 2.05) is 37.3 Å². The summed E-state index contributed by atoms with van der Waals surface area (Å²) in [5.74, 6) is 0.121. The van der Waals surface area contributed by atoms with Gasteiger partial charge in [-0.1, -0.05) is 30.3 Å². The van der Waals surface area contributed by atoms with E-state index in [-0.39, 0.29) is 5.78 Å². The van der Waals surface area contributed by atoms with Crippen LogP contribution in [0.2, 0.25) is 0 Å². The van der Waals surface area contributed by atoms with E-state index in [0.717, 1.165) is 17.8 Å². The van der Waals surface area contributed by atoms with Crippen molar-refractivity contribution >= 4 is 11.5 Å². The molecule has 3 nitrogen and oxygen atoms in total. The summed E-state index contributed by atoms with van der Waals surface area (Å²) >= 11 is 0. The van der Waals surface area contributed by atoms with Crippen LogP contribution in [0.5, 0.6) is 0 Å². The molecule has 1 aromatic rings. The summed E-state index contributed by atoms with van der Waals surface area (Å²) in [5, 5.41) is 4.20. The number of nitrogens with one attached hydrogen (secondary N) is 1. The van der Waals surface area contributed by atoms with E-state index in [1.165, 1.54) is 0 Å². The Hall–Kier alpha value is -1.64. The number of rotatable bonds is 5. The molecule has 1 N–H and O–H groups in total. The van der Waals surface area contributed by atoms with Crippen LogP contribution in [0.3, 0.4) is 0 Å². The molecular weight excluding hydrogens is 188 g/mol. The molecule has 1 rings (SSSR count). The van der Waals surface area contributed by atoms with Gasteiger partial charge < -0.3 is 5.43 Å². The number of carbonyl (C=O) groups is 1. The van der Waals surface area contributed by atoms with Crippen molar-refractivity contribution in [3.05, 3.63) is 35.9 Å². The molecule has 15 heavy (non-hydrogen) atoms. The summed E-state index contributed by atoms with van der Waals surface area (Å²) in [6, 6.07) is 9.74. The highest BCUT2D eigenvalue weighted by atomic mass is 16.1. The Morgan fingerprint density at radius 2 is 2.00 bits per heavy atom. The molecule has 0 amide bonds. The maximum Gasteiger partial charge on any atom is 0.135 e. The molecule has 0 atom stereocenters. The molecule has 0 aliphatic carbocycles. The van der Waals surface area contributed by atoms with E-state index >= 15 is 0 Å². The first-order chi connectivity index (χ1) is 7.24. The average molecular weight is 204 g/mol. The minimum atomic E-state index is 0.121. The van der Waals surface area contributed by atoms with Crippen LogP contribution >= 0.6 is 0 Å². The Balaban J connectivity index is 2.86. The molecule has 0 spiro atoms. The number of nitrogens with zero attached hydrogens (tertiary/aromatic N) is 1. The third-order valence-electron chi connectivity index (χ3n) is 1.90. The number of ketones is 1. The summed E-state index contributed by atoms with van der Waals surface area (Å²) < 4.78 is 0. The summed E-state index contributed by atoms with van der Waals surface area (Å²) in [7, 11) is 0. The quantitative estimate of drug-likeness (QED) is 0.588. The Bertz CT molecular complexity index is 344. The molecule has 0 radical (unpaired) electrons. The fourth-order valence-electron chi connectivity index (χ4n) is 1.25. The maximum absolute atomic E-state index is 11.1. The van der Waals surface area contributed by atoms with Crippen molar-refractivity contribution in [2.24, 2.45) is 5.10 Å². The van der Waals surface area contributed by atoms with E-state index in [2.05, 4.69) is 10.5 Å². The van der Waals surface area contributed by atoms with Gasteiger partial charge in [-0.25, -0.2) is 0 Å². The van der Waals surface area contributed by atoms with Crippen LogP contribution in [-0.2, 0) is 4.79 Å². The van der Waals surface area contributed by atoms with Crippen LogP contribution in [-0.4, -0.2) is 18.0 Å². The second-order valence-corrected chi connectivity index (χ2v) is 3.31. The molecule has 0 bridgehead atoms. The predicted molar refractivity (Wildman–Crippen MR) is 62.0 cm³/mol. The first kappa shape index (κ1) is 11.4. The van der Waals surface area contributed by atoms with Crippen LogP contribution in [0.15, 0.2) is 35.4 Å². The Morgan fingerprint density at radius 1 is 1.33 bits per heavy atom. The van der Waals surface area contributed by atoms with Crippen molar-refractivity contribution in [3.63, 3.8) is 0 Å². The molecular formula is C12H16N2O.